The van der Waals surface area contributed by atoms with Crippen LogP contribution in [0.15, 0.2) is 72.9 Å². The molecule has 58 heavy (non-hydrogen) atoms. The molecule has 0 aliphatic carbocycles. The van der Waals surface area contributed by atoms with Gasteiger partial charge < -0.3 is 20.3 Å². The van der Waals surface area contributed by atoms with Crippen LogP contribution in [0.3, 0.4) is 0 Å². The van der Waals surface area contributed by atoms with E-state index in [-0.39, 0.29) is 24.9 Å². The first-order valence-electron chi connectivity index (χ1n) is 24.2. The molecule has 3 N–H and O–H groups in total. The number of carbonyl (C=O) groups excluding carboxylic acids is 2. The smallest absolute Gasteiger partial charge is 0.306 e. The summed E-state index contributed by atoms with van der Waals surface area (Å²) in [6.07, 6.45) is 56.7. The van der Waals surface area contributed by atoms with E-state index in [0.29, 0.717) is 19.3 Å². The molecule has 0 heterocycles. The van der Waals surface area contributed by atoms with Gasteiger partial charge in [-0.15, -0.1) is 0 Å². The van der Waals surface area contributed by atoms with Crippen LogP contribution in [0, 0.1) is 0 Å². The minimum atomic E-state index is -0.797. The molecule has 0 aromatic heterocycles. The lowest BCUT2D eigenvalue weighted by Gasteiger charge is -2.24. The van der Waals surface area contributed by atoms with Crippen molar-refractivity contribution in [3.63, 3.8) is 0 Å². The number of aliphatic hydroxyl groups excluding tert-OH is 2. The van der Waals surface area contributed by atoms with E-state index in [2.05, 4.69) is 80.8 Å². The van der Waals surface area contributed by atoms with Gasteiger partial charge in [0.2, 0.25) is 5.91 Å². The van der Waals surface area contributed by atoms with Crippen LogP contribution in [0.1, 0.15) is 220 Å². The molecular weight excluding hydrogens is 719 g/mol. The molecule has 3 unspecified atom stereocenters. The normalized spacial score (nSPS) is 13.9. The molecule has 0 aliphatic rings. The Hall–Kier alpha value is -2.70. The fraction of sp³-hybridized carbons (Fsp3) is 0.731. The summed E-state index contributed by atoms with van der Waals surface area (Å²) in [4.78, 5) is 26.1. The van der Waals surface area contributed by atoms with Crippen LogP contribution in [0.2, 0.25) is 0 Å². The van der Waals surface area contributed by atoms with Crippen molar-refractivity contribution in [1.29, 1.82) is 0 Å². The minimum Gasteiger partial charge on any atom is -0.462 e. The van der Waals surface area contributed by atoms with Crippen molar-refractivity contribution in [3.05, 3.63) is 72.9 Å². The Morgan fingerprint density at radius 3 is 1.59 bits per heavy atom. The van der Waals surface area contributed by atoms with Gasteiger partial charge in [0.25, 0.3) is 0 Å². The van der Waals surface area contributed by atoms with Gasteiger partial charge in [-0.25, -0.2) is 0 Å². The summed E-state index contributed by atoms with van der Waals surface area (Å²) in [5.41, 5.74) is 0. The van der Waals surface area contributed by atoms with E-state index in [4.69, 9.17) is 4.74 Å². The number of unbranched alkanes of at least 4 members (excludes halogenated alkanes) is 21. The van der Waals surface area contributed by atoms with Gasteiger partial charge in [-0.3, -0.25) is 9.59 Å². The molecule has 3 atom stereocenters. The summed E-state index contributed by atoms with van der Waals surface area (Å²) >= 11 is 0. The molecule has 6 heteroatoms. The van der Waals surface area contributed by atoms with E-state index in [0.717, 1.165) is 96.3 Å². The summed E-state index contributed by atoms with van der Waals surface area (Å²) in [6.45, 7) is 6.28. The van der Waals surface area contributed by atoms with E-state index in [1.165, 1.54) is 77.0 Å². The molecule has 0 bridgehead atoms. The maximum Gasteiger partial charge on any atom is 0.306 e. The number of amides is 1. The average molecular weight is 810 g/mol. The van der Waals surface area contributed by atoms with Crippen LogP contribution >= 0.6 is 0 Å². The largest absolute Gasteiger partial charge is 0.462 e. The van der Waals surface area contributed by atoms with Crippen molar-refractivity contribution in [2.45, 2.75) is 238 Å². The number of carbonyl (C=O) groups is 2. The lowest BCUT2D eigenvalue weighted by atomic mass is 10.0. The van der Waals surface area contributed by atoms with Crippen LogP contribution in [0.25, 0.3) is 0 Å². The van der Waals surface area contributed by atoms with E-state index in [9.17, 15) is 19.8 Å². The van der Waals surface area contributed by atoms with Crippen LogP contribution in [0.4, 0.5) is 0 Å². The van der Waals surface area contributed by atoms with Gasteiger partial charge in [-0.05, 0) is 77.0 Å². The zero-order valence-electron chi connectivity index (χ0n) is 37.9. The summed E-state index contributed by atoms with van der Waals surface area (Å²) in [5.74, 6) is -0.519. The van der Waals surface area contributed by atoms with Crippen molar-refractivity contribution >= 4 is 11.9 Å². The molecule has 0 aliphatic heterocycles. The predicted molar refractivity (Wildman–Crippen MR) is 250 cm³/mol. The molecule has 1 amide bonds. The van der Waals surface area contributed by atoms with Gasteiger partial charge >= 0.3 is 5.97 Å². The van der Waals surface area contributed by atoms with Crippen molar-refractivity contribution < 1.29 is 24.5 Å². The molecule has 0 spiro atoms. The third kappa shape index (κ3) is 40.1. The Labute approximate surface area is 358 Å². The predicted octanol–water partition coefficient (Wildman–Crippen LogP) is 14.2. The second-order valence-electron chi connectivity index (χ2n) is 16.2. The maximum absolute atomic E-state index is 13.2. The molecule has 0 aromatic rings. The fourth-order valence-electron chi connectivity index (χ4n) is 6.94. The third-order valence-electron chi connectivity index (χ3n) is 10.6. The zero-order valence-corrected chi connectivity index (χ0v) is 37.9. The second-order valence-corrected chi connectivity index (χ2v) is 16.2. The number of nitrogens with one attached hydrogen (secondary N) is 1. The van der Waals surface area contributed by atoms with Crippen molar-refractivity contribution in [2.75, 3.05) is 6.61 Å². The second kappa shape index (κ2) is 45.4. The lowest BCUT2D eigenvalue weighted by Crippen LogP contribution is -2.46. The SMILES string of the molecule is CC/C=C/C=C/C=C/C=C\CCCCCCCC(=O)OC(CCCCCCC/C=C\C/C=C\CCCCC)CC(=O)NC(CO)C(O)CCCCCCCCCCC. The van der Waals surface area contributed by atoms with E-state index < -0.39 is 18.2 Å². The summed E-state index contributed by atoms with van der Waals surface area (Å²) in [7, 11) is 0. The highest BCUT2D eigenvalue weighted by Gasteiger charge is 2.24. The van der Waals surface area contributed by atoms with Gasteiger partial charge in [-0.2, -0.15) is 0 Å². The van der Waals surface area contributed by atoms with E-state index >= 15 is 0 Å². The molecular formula is C52H91NO5. The van der Waals surface area contributed by atoms with Crippen LogP contribution < -0.4 is 5.32 Å². The van der Waals surface area contributed by atoms with Crippen LogP contribution in [-0.2, 0) is 14.3 Å². The highest BCUT2D eigenvalue weighted by atomic mass is 16.5. The number of hydrogen-bond donors (Lipinski definition) is 3. The number of rotatable bonds is 42. The first-order chi connectivity index (χ1) is 28.5. The Balaban J connectivity index is 4.68. The Bertz CT molecular complexity index is 1090. The molecule has 0 saturated heterocycles. The summed E-state index contributed by atoms with van der Waals surface area (Å²) in [5, 5.41) is 23.6. The van der Waals surface area contributed by atoms with Crippen LogP contribution in [0.5, 0.6) is 0 Å². The quantitative estimate of drug-likeness (QED) is 0.0247. The Morgan fingerprint density at radius 2 is 1.00 bits per heavy atom. The van der Waals surface area contributed by atoms with Gasteiger partial charge in [0, 0.05) is 6.42 Å². The van der Waals surface area contributed by atoms with Crippen molar-refractivity contribution in [3.8, 4) is 0 Å². The minimum absolute atomic E-state index is 0.0553. The molecule has 0 saturated carbocycles. The summed E-state index contributed by atoms with van der Waals surface area (Å²) < 4.78 is 5.90. The highest BCUT2D eigenvalue weighted by molar-refractivity contribution is 5.77. The van der Waals surface area contributed by atoms with Gasteiger partial charge in [0.1, 0.15) is 6.10 Å². The Kier molecular flexibility index (Phi) is 43.3. The number of allylic oxidation sites excluding steroid dienone is 12. The standard InChI is InChI=1S/C52H91NO5/c1-4-7-10-13-16-19-21-23-25-27-29-32-34-37-40-43-48(46-51(56)53-49(47-54)50(55)44-41-38-35-31-18-15-12-9-6-3)58-52(57)45-42-39-36-33-30-28-26-24-22-20-17-14-11-8-5-2/h8,11,14,16-17,19-20,22-26,48-50,54-55H,4-7,9-10,12-13,15,18,21,27-47H2,1-3H3,(H,53,56)/b11-8+,17-14+,19-16-,22-20+,25-23-,26-24-. The third-order valence-corrected chi connectivity index (χ3v) is 10.6. The summed E-state index contributed by atoms with van der Waals surface area (Å²) in [6, 6.07) is -0.712. The van der Waals surface area contributed by atoms with E-state index in [1.807, 2.05) is 18.2 Å². The topological polar surface area (TPSA) is 95.9 Å². The van der Waals surface area contributed by atoms with Crippen molar-refractivity contribution in [2.24, 2.45) is 0 Å². The van der Waals surface area contributed by atoms with Crippen molar-refractivity contribution in [1.82, 2.24) is 5.32 Å². The van der Waals surface area contributed by atoms with Gasteiger partial charge in [0.05, 0.1) is 25.2 Å². The lowest BCUT2D eigenvalue weighted by molar-refractivity contribution is -0.151. The van der Waals surface area contributed by atoms with E-state index in [1.54, 1.807) is 0 Å². The molecule has 334 valence electrons. The number of esters is 1. The molecule has 6 nitrogen and oxygen atoms in total. The zero-order chi connectivity index (χ0) is 42.4. The number of aliphatic hydroxyl groups is 2. The molecule has 0 fully saturated rings. The molecule has 0 rings (SSSR count). The Morgan fingerprint density at radius 1 is 0.534 bits per heavy atom. The maximum atomic E-state index is 13.2. The fourth-order valence-corrected chi connectivity index (χ4v) is 6.94. The first-order valence-corrected chi connectivity index (χ1v) is 24.2. The molecule has 0 radical (unpaired) electrons. The highest BCUT2D eigenvalue weighted by Crippen LogP contribution is 2.17. The molecule has 0 aromatic carbocycles. The number of hydrogen-bond acceptors (Lipinski definition) is 5. The van der Waals surface area contributed by atoms with Gasteiger partial charge in [-0.1, -0.05) is 203 Å². The monoisotopic (exact) mass is 810 g/mol. The first kappa shape index (κ1) is 55.3. The average Bonchev–Trinajstić information content (AvgIpc) is 3.22. The number of ether oxygens (including phenoxy) is 1. The van der Waals surface area contributed by atoms with Crippen LogP contribution in [-0.4, -0.2) is 46.9 Å². The van der Waals surface area contributed by atoms with Gasteiger partial charge in [0.15, 0.2) is 0 Å².